The van der Waals surface area contributed by atoms with E-state index in [-0.39, 0.29) is 5.78 Å². The number of hydrogen-bond acceptors (Lipinski definition) is 4. The van der Waals surface area contributed by atoms with Gasteiger partial charge in [0.1, 0.15) is 0 Å². The molecule has 0 unspecified atom stereocenters. The number of ketones is 1. The van der Waals surface area contributed by atoms with Crippen molar-refractivity contribution in [1.82, 2.24) is 0 Å². The molecular weight excluding hydrogens is 366 g/mol. The van der Waals surface area contributed by atoms with Crippen molar-refractivity contribution in [3.8, 4) is 0 Å². The van der Waals surface area contributed by atoms with Crippen molar-refractivity contribution in [2.45, 2.75) is 16.7 Å². The number of carbonyl (C=O) groups excluding carboxylic acids is 1. The van der Waals surface area contributed by atoms with Gasteiger partial charge >= 0.3 is 0 Å². The van der Waals surface area contributed by atoms with E-state index < -0.39 is 0 Å². The number of anilines is 1. The summed E-state index contributed by atoms with van der Waals surface area (Å²) < 4.78 is 5.40. The van der Waals surface area contributed by atoms with Gasteiger partial charge in [-0.1, -0.05) is 30.0 Å². The Morgan fingerprint density at radius 2 is 1.46 bits per heavy atom. The number of aryl methyl sites for hydroxylation is 1. The minimum atomic E-state index is 0.0565. The molecule has 4 rings (SSSR count). The quantitative estimate of drug-likeness (QED) is 0.560. The fraction of sp³-hybridized carbons (Fsp3) is 0.208. The number of benzene rings is 3. The molecular formula is C24H23NO2S. The first-order chi connectivity index (χ1) is 13.7. The zero-order valence-corrected chi connectivity index (χ0v) is 16.7. The first-order valence-corrected chi connectivity index (χ1v) is 10.3. The maximum absolute atomic E-state index is 12.8. The average molecular weight is 390 g/mol. The number of morpholine rings is 1. The van der Waals surface area contributed by atoms with E-state index in [1.807, 2.05) is 60.7 Å². The van der Waals surface area contributed by atoms with Gasteiger partial charge in [-0.3, -0.25) is 4.79 Å². The Morgan fingerprint density at radius 1 is 0.857 bits per heavy atom. The SMILES string of the molecule is Cc1ccccc1Sc1ccc(C(=O)c2ccc(N3CCOCC3)cc2)cc1. The van der Waals surface area contributed by atoms with E-state index in [2.05, 4.69) is 24.0 Å². The molecule has 0 aromatic heterocycles. The zero-order valence-electron chi connectivity index (χ0n) is 15.9. The van der Waals surface area contributed by atoms with Crippen LogP contribution in [0.1, 0.15) is 21.5 Å². The highest BCUT2D eigenvalue weighted by atomic mass is 32.2. The summed E-state index contributed by atoms with van der Waals surface area (Å²) in [4.78, 5) is 17.5. The molecule has 3 nitrogen and oxygen atoms in total. The van der Waals surface area contributed by atoms with Crippen LogP contribution in [-0.2, 0) is 4.74 Å². The normalized spacial score (nSPS) is 14.1. The minimum absolute atomic E-state index is 0.0565. The number of ether oxygens (including phenoxy) is 1. The van der Waals surface area contributed by atoms with Gasteiger partial charge in [-0.25, -0.2) is 0 Å². The molecule has 28 heavy (non-hydrogen) atoms. The number of nitrogens with zero attached hydrogens (tertiary/aromatic N) is 1. The lowest BCUT2D eigenvalue weighted by atomic mass is 10.0. The molecule has 0 N–H and O–H groups in total. The van der Waals surface area contributed by atoms with Gasteiger partial charge in [0.25, 0.3) is 0 Å². The van der Waals surface area contributed by atoms with Crippen LogP contribution in [0.5, 0.6) is 0 Å². The largest absolute Gasteiger partial charge is 0.378 e. The van der Waals surface area contributed by atoms with Crippen LogP contribution in [0.25, 0.3) is 0 Å². The molecule has 142 valence electrons. The fourth-order valence-corrected chi connectivity index (χ4v) is 4.19. The fourth-order valence-electron chi connectivity index (χ4n) is 3.28. The van der Waals surface area contributed by atoms with Crippen molar-refractivity contribution in [2.75, 3.05) is 31.2 Å². The van der Waals surface area contributed by atoms with E-state index in [0.29, 0.717) is 5.56 Å². The molecule has 1 saturated heterocycles. The summed E-state index contributed by atoms with van der Waals surface area (Å²) >= 11 is 1.72. The molecule has 0 spiro atoms. The van der Waals surface area contributed by atoms with Gasteiger partial charge in [0, 0.05) is 39.7 Å². The first-order valence-electron chi connectivity index (χ1n) is 9.52. The summed E-state index contributed by atoms with van der Waals surface area (Å²) in [6, 6.07) is 24.1. The standard InChI is InChI=1S/C24H23NO2S/c1-18-4-2-3-5-23(18)28-22-12-8-20(9-13-22)24(26)19-6-10-21(11-7-19)25-14-16-27-17-15-25/h2-13H,14-17H2,1H3. The highest BCUT2D eigenvalue weighted by molar-refractivity contribution is 7.99. The topological polar surface area (TPSA) is 29.5 Å². The van der Waals surface area contributed by atoms with Crippen molar-refractivity contribution in [3.05, 3.63) is 89.5 Å². The van der Waals surface area contributed by atoms with E-state index in [4.69, 9.17) is 4.74 Å². The Morgan fingerprint density at radius 3 is 2.11 bits per heavy atom. The van der Waals surface area contributed by atoms with E-state index in [1.54, 1.807) is 11.8 Å². The molecule has 1 aliphatic heterocycles. The number of rotatable bonds is 5. The predicted octanol–water partition coefficient (Wildman–Crippen LogP) is 5.21. The maximum Gasteiger partial charge on any atom is 0.193 e. The Labute approximate surface area is 170 Å². The number of hydrogen-bond donors (Lipinski definition) is 0. The van der Waals surface area contributed by atoms with Gasteiger partial charge < -0.3 is 9.64 Å². The molecule has 4 heteroatoms. The zero-order chi connectivity index (χ0) is 19.3. The van der Waals surface area contributed by atoms with Crippen molar-refractivity contribution < 1.29 is 9.53 Å². The Hall–Kier alpha value is -2.56. The van der Waals surface area contributed by atoms with Crippen LogP contribution in [0.4, 0.5) is 5.69 Å². The Kier molecular flexibility index (Phi) is 5.79. The second kappa shape index (κ2) is 8.63. The molecule has 0 amide bonds. The van der Waals surface area contributed by atoms with Crippen LogP contribution >= 0.6 is 11.8 Å². The highest BCUT2D eigenvalue weighted by Gasteiger charge is 2.13. The van der Waals surface area contributed by atoms with Crippen LogP contribution in [0.3, 0.4) is 0 Å². The molecule has 0 saturated carbocycles. The molecule has 1 aliphatic rings. The van der Waals surface area contributed by atoms with Crippen LogP contribution < -0.4 is 4.90 Å². The maximum atomic E-state index is 12.8. The van der Waals surface area contributed by atoms with Crippen LogP contribution in [0, 0.1) is 6.92 Å². The third kappa shape index (κ3) is 4.29. The van der Waals surface area contributed by atoms with Crippen molar-refractivity contribution in [3.63, 3.8) is 0 Å². The summed E-state index contributed by atoms with van der Waals surface area (Å²) in [5.74, 6) is 0.0565. The molecule has 0 radical (unpaired) electrons. The van der Waals surface area contributed by atoms with E-state index in [0.717, 1.165) is 42.4 Å². The van der Waals surface area contributed by atoms with E-state index >= 15 is 0 Å². The van der Waals surface area contributed by atoms with E-state index in [1.165, 1.54) is 10.5 Å². The lowest BCUT2D eigenvalue weighted by Gasteiger charge is -2.28. The van der Waals surface area contributed by atoms with Crippen LogP contribution in [0.15, 0.2) is 82.6 Å². The van der Waals surface area contributed by atoms with Crippen molar-refractivity contribution in [2.24, 2.45) is 0 Å². The van der Waals surface area contributed by atoms with E-state index in [9.17, 15) is 4.79 Å². The molecule has 1 fully saturated rings. The highest BCUT2D eigenvalue weighted by Crippen LogP contribution is 2.30. The van der Waals surface area contributed by atoms with Crippen LogP contribution in [0.2, 0.25) is 0 Å². The third-order valence-corrected chi connectivity index (χ3v) is 6.13. The summed E-state index contributed by atoms with van der Waals surface area (Å²) in [6.45, 7) is 5.42. The monoisotopic (exact) mass is 389 g/mol. The minimum Gasteiger partial charge on any atom is -0.378 e. The van der Waals surface area contributed by atoms with Crippen LogP contribution in [-0.4, -0.2) is 32.1 Å². The predicted molar refractivity (Wildman–Crippen MR) is 115 cm³/mol. The van der Waals surface area contributed by atoms with Gasteiger partial charge in [0.15, 0.2) is 5.78 Å². The van der Waals surface area contributed by atoms with Gasteiger partial charge in [-0.15, -0.1) is 0 Å². The molecule has 1 heterocycles. The molecule has 3 aromatic carbocycles. The second-order valence-electron chi connectivity index (χ2n) is 6.87. The summed E-state index contributed by atoms with van der Waals surface area (Å²) in [5.41, 5.74) is 3.84. The molecule has 0 bridgehead atoms. The third-order valence-electron chi connectivity index (χ3n) is 4.94. The Balaban J connectivity index is 1.45. The average Bonchev–Trinajstić information content (AvgIpc) is 2.76. The Bertz CT molecular complexity index is 945. The summed E-state index contributed by atoms with van der Waals surface area (Å²) in [5, 5.41) is 0. The summed E-state index contributed by atoms with van der Waals surface area (Å²) in [6.07, 6.45) is 0. The molecule has 3 aromatic rings. The second-order valence-corrected chi connectivity index (χ2v) is 7.98. The smallest absolute Gasteiger partial charge is 0.193 e. The number of carbonyl (C=O) groups is 1. The first kappa shape index (κ1) is 18.8. The van der Waals surface area contributed by atoms with Gasteiger partial charge in [0.05, 0.1) is 13.2 Å². The molecule has 0 aliphatic carbocycles. The summed E-state index contributed by atoms with van der Waals surface area (Å²) in [7, 11) is 0. The molecule has 0 atom stereocenters. The van der Waals surface area contributed by atoms with Gasteiger partial charge in [-0.05, 0) is 67.1 Å². The van der Waals surface area contributed by atoms with Gasteiger partial charge in [-0.2, -0.15) is 0 Å². The van der Waals surface area contributed by atoms with Crippen molar-refractivity contribution in [1.29, 1.82) is 0 Å². The lowest BCUT2D eigenvalue weighted by Crippen LogP contribution is -2.36. The van der Waals surface area contributed by atoms with Gasteiger partial charge in [0.2, 0.25) is 0 Å². The van der Waals surface area contributed by atoms with Crippen molar-refractivity contribution >= 4 is 23.2 Å². The lowest BCUT2D eigenvalue weighted by molar-refractivity contribution is 0.103.